The number of nitrogens with one attached hydrogen (secondary N) is 2. The number of rotatable bonds is 5. The summed E-state index contributed by atoms with van der Waals surface area (Å²) in [4.78, 5) is 23.9. The molecule has 0 atom stereocenters. The maximum Gasteiger partial charge on any atom is 0.287 e. The van der Waals surface area contributed by atoms with Crippen LogP contribution >= 0.6 is 11.6 Å². The first kappa shape index (κ1) is 17.2. The Kier molecular flexibility index (Phi) is 5.45. The summed E-state index contributed by atoms with van der Waals surface area (Å²) < 4.78 is 16.1. The average molecular weight is 365 g/mol. The van der Waals surface area contributed by atoms with Crippen molar-refractivity contribution in [1.29, 1.82) is 0 Å². The summed E-state index contributed by atoms with van der Waals surface area (Å²) in [7, 11) is 0. The second-order valence-electron chi connectivity index (χ2n) is 5.32. The molecule has 0 saturated heterocycles. The van der Waals surface area contributed by atoms with Crippen molar-refractivity contribution < 1.29 is 23.5 Å². The Balaban J connectivity index is 1.54. The van der Waals surface area contributed by atoms with E-state index in [1.165, 1.54) is 12.3 Å². The molecule has 1 aromatic carbocycles. The molecule has 25 heavy (non-hydrogen) atoms. The van der Waals surface area contributed by atoms with Gasteiger partial charge in [0.2, 0.25) is 0 Å². The average Bonchev–Trinajstić information content (AvgIpc) is 3.04. The van der Waals surface area contributed by atoms with Gasteiger partial charge < -0.3 is 24.5 Å². The van der Waals surface area contributed by atoms with Crippen molar-refractivity contribution >= 4 is 23.4 Å². The molecule has 1 aliphatic rings. The van der Waals surface area contributed by atoms with Crippen LogP contribution in [0.3, 0.4) is 0 Å². The quantitative estimate of drug-likeness (QED) is 0.794. The SMILES string of the molecule is O=C(NCCNC(=O)c1ccco1)c1cc(Cl)c2c(c1)OCCCO2. The van der Waals surface area contributed by atoms with E-state index in [1.807, 2.05) is 0 Å². The largest absolute Gasteiger partial charge is 0.489 e. The van der Waals surface area contributed by atoms with Gasteiger partial charge in [-0.25, -0.2) is 0 Å². The zero-order valence-electron chi connectivity index (χ0n) is 13.3. The number of halogens is 1. The normalized spacial score (nSPS) is 13.0. The fraction of sp³-hybridized carbons (Fsp3) is 0.294. The molecule has 2 heterocycles. The molecule has 0 saturated carbocycles. The molecule has 3 rings (SSSR count). The number of hydrogen-bond acceptors (Lipinski definition) is 5. The maximum atomic E-state index is 12.2. The van der Waals surface area contributed by atoms with E-state index in [9.17, 15) is 9.59 Å². The maximum absolute atomic E-state index is 12.2. The first-order valence-electron chi connectivity index (χ1n) is 7.84. The summed E-state index contributed by atoms with van der Waals surface area (Å²) in [5.41, 5.74) is 0.367. The molecular formula is C17H17ClN2O5. The standard InChI is InChI=1S/C17H17ClN2O5/c18-12-9-11(10-14-15(12)25-8-2-7-24-14)16(21)19-4-5-20-17(22)13-3-1-6-23-13/h1,3,6,9-10H,2,4-5,7-8H2,(H,19,21)(H,20,22). The molecule has 0 unspecified atom stereocenters. The highest BCUT2D eigenvalue weighted by Gasteiger charge is 2.18. The number of benzene rings is 1. The molecule has 1 aromatic heterocycles. The molecule has 2 N–H and O–H groups in total. The summed E-state index contributed by atoms with van der Waals surface area (Å²) in [5, 5.41) is 5.68. The van der Waals surface area contributed by atoms with Crippen molar-refractivity contribution in [1.82, 2.24) is 10.6 Å². The highest BCUT2D eigenvalue weighted by atomic mass is 35.5. The number of carbonyl (C=O) groups excluding carboxylic acids is 2. The van der Waals surface area contributed by atoms with Crippen LogP contribution in [0.5, 0.6) is 11.5 Å². The van der Waals surface area contributed by atoms with Crippen molar-refractivity contribution in [3.63, 3.8) is 0 Å². The first-order chi connectivity index (χ1) is 12.1. The third-order valence-corrected chi connectivity index (χ3v) is 3.79. The number of hydrogen-bond donors (Lipinski definition) is 2. The lowest BCUT2D eigenvalue weighted by molar-refractivity contribution is 0.0910. The monoisotopic (exact) mass is 364 g/mol. The molecule has 0 fully saturated rings. The third kappa shape index (κ3) is 4.24. The van der Waals surface area contributed by atoms with E-state index in [-0.39, 0.29) is 30.7 Å². The van der Waals surface area contributed by atoms with Crippen LogP contribution in [-0.4, -0.2) is 38.1 Å². The van der Waals surface area contributed by atoms with Gasteiger partial charge in [-0.3, -0.25) is 9.59 Å². The summed E-state index contributed by atoms with van der Waals surface area (Å²) >= 11 is 6.17. The molecule has 8 heteroatoms. The highest BCUT2D eigenvalue weighted by molar-refractivity contribution is 6.32. The molecule has 7 nitrogen and oxygen atoms in total. The second kappa shape index (κ2) is 7.94. The van der Waals surface area contributed by atoms with Gasteiger partial charge in [0.1, 0.15) is 0 Å². The summed E-state index contributed by atoms with van der Waals surface area (Å²) in [5.74, 6) is 0.492. The van der Waals surface area contributed by atoms with Crippen LogP contribution in [0.25, 0.3) is 0 Å². The predicted molar refractivity (Wildman–Crippen MR) is 90.4 cm³/mol. The summed E-state index contributed by atoms with van der Waals surface area (Å²) in [6.07, 6.45) is 2.17. The predicted octanol–water partition coefficient (Wildman–Crippen LogP) is 2.25. The van der Waals surface area contributed by atoms with Crippen LogP contribution in [0, 0.1) is 0 Å². The molecular weight excluding hydrogens is 348 g/mol. The van der Waals surface area contributed by atoms with E-state index < -0.39 is 0 Å². The van der Waals surface area contributed by atoms with E-state index in [4.69, 9.17) is 25.5 Å². The Hall–Kier alpha value is -2.67. The fourth-order valence-corrected chi connectivity index (χ4v) is 2.58. The van der Waals surface area contributed by atoms with Gasteiger partial charge in [-0.05, 0) is 24.3 Å². The van der Waals surface area contributed by atoms with Crippen LogP contribution in [0.1, 0.15) is 27.3 Å². The van der Waals surface area contributed by atoms with E-state index in [0.29, 0.717) is 35.3 Å². The topological polar surface area (TPSA) is 89.8 Å². The van der Waals surface area contributed by atoms with Gasteiger partial charge in [-0.1, -0.05) is 11.6 Å². The number of amides is 2. The number of carbonyl (C=O) groups is 2. The van der Waals surface area contributed by atoms with Crippen molar-refractivity contribution in [2.24, 2.45) is 0 Å². The zero-order chi connectivity index (χ0) is 17.6. The summed E-state index contributed by atoms with van der Waals surface area (Å²) in [6.45, 7) is 1.56. The van der Waals surface area contributed by atoms with Gasteiger partial charge in [0.25, 0.3) is 11.8 Å². The van der Waals surface area contributed by atoms with Crippen LogP contribution in [0.2, 0.25) is 5.02 Å². The van der Waals surface area contributed by atoms with Crippen LogP contribution in [-0.2, 0) is 0 Å². The Morgan fingerprint density at radius 1 is 1.08 bits per heavy atom. The molecule has 0 aliphatic carbocycles. The lowest BCUT2D eigenvalue weighted by Crippen LogP contribution is -2.34. The zero-order valence-corrected chi connectivity index (χ0v) is 14.1. The Bertz CT molecular complexity index is 761. The smallest absolute Gasteiger partial charge is 0.287 e. The highest BCUT2D eigenvalue weighted by Crippen LogP contribution is 2.37. The Morgan fingerprint density at radius 2 is 1.84 bits per heavy atom. The van der Waals surface area contributed by atoms with Gasteiger partial charge in [0, 0.05) is 25.1 Å². The van der Waals surface area contributed by atoms with Gasteiger partial charge in [0.05, 0.1) is 24.5 Å². The summed E-state index contributed by atoms with van der Waals surface area (Å²) in [6, 6.07) is 6.33. The minimum atomic E-state index is -0.335. The number of fused-ring (bicyclic) bond motifs is 1. The molecule has 1 aliphatic heterocycles. The third-order valence-electron chi connectivity index (χ3n) is 3.51. The molecule has 0 radical (unpaired) electrons. The van der Waals surface area contributed by atoms with Crippen molar-refractivity contribution in [3.05, 3.63) is 46.9 Å². The minimum Gasteiger partial charge on any atom is -0.489 e. The minimum absolute atomic E-state index is 0.223. The van der Waals surface area contributed by atoms with Crippen LogP contribution in [0.15, 0.2) is 34.9 Å². The Morgan fingerprint density at radius 3 is 2.60 bits per heavy atom. The van der Waals surface area contributed by atoms with E-state index >= 15 is 0 Å². The molecule has 0 bridgehead atoms. The number of ether oxygens (including phenoxy) is 2. The number of furan rings is 1. The molecule has 132 valence electrons. The van der Waals surface area contributed by atoms with Gasteiger partial charge in [-0.2, -0.15) is 0 Å². The lowest BCUT2D eigenvalue weighted by Gasteiger charge is -2.12. The van der Waals surface area contributed by atoms with Crippen molar-refractivity contribution in [2.75, 3.05) is 26.3 Å². The van der Waals surface area contributed by atoms with Crippen molar-refractivity contribution in [2.45, 2.75) is 6.42 Å². The fourth-order valence-electron chi connectivity index (χ4n) is 2.31. The first-order valence-corrected chi connectivity index (χ1v) is 8.22. The molecule has 2 aromatic rings. The van der Waals surface area contributed by atoms with E-state index in [0.717, 1.165) is 6.42 Å². The van der Waals surface area contributed by atoms with Crippen LogP contribution < -0.4 is 20.1 Å². The lowest BCUT2D eigenvalue weighted by atomic mass is 10.2. The second-order valence-corrected chi connectivity index (χ2v) is 5.73. The Labute approximate surface area is 149 Å². The van der Waals surface area contributed by atoms with Crippen LogP contribution in [0.4, 0.5) is 0 Å². The van der Waals surface area contributed by atoms with Gasteiger partial charge in [0.15, 0.2) is 17.3 Å². The van der Waals surface area contributed by atoms with Gasteiger partial charge >= 0.3 is 0 Å². The molecule has 2 amide bonds. The van der Waals surface area contributed by atoms with E-state index in [2.05, 4.69) is 10.6 Å². The molecule has 0 spiro atoms. The van der Waals surface area contributed by atoms with E-state index in [1.54, 1.807) is 18.2 Å². The van der Waals surface area contributed by atoms with Gasteiger partial charge in [-0.15, -0.1) is 0 Å². The van der Waals surface area contributed by atoms with Crippen molar-refractivity contribution in [3.8, 4) is 11.5 Å².